The van der Waals surface area contributed by atoms with E-state index in [-0.39, 0.29) is 18.4 Å². The van der Waals surface area contributed by atoms with E-state index in [9.17, 15) is 4.79 Å². The lowest BCUT2D eigenvalue weighted by Crippen LogP contribution is -2.16. The van der Waals surface area contributed by atoms with E-state index in [0.29, 0.717) is 0 Å². The first-order valence-corrected chi connectivity index (χ1v) is 5.11. The van der Waals surface area contributed by atoms with E-state index in [0.717, 1.165) is 5.56 Å². The van der Waals surface area contributed by atoms with Crippen LogP contribution in [0.1, 0.15) is 31.9 Å². The molecule has 1 aromatic rings. The highest BCUT2D eigenvalue weighted by atomic mass is 16.5. The third-order valence-electron chi connectivity index (χ3n) is 1.84. The van der Waals surface area contributed by atoms with Crippen molar-refractivity contribution in [2.75, 3.05) is 7.11 Å². The lowest BCUT2D eigenvalue weighted by Gasteiger charge is -2.09. The van der Waals surface area contributed by atoms with Gasteiger partial charge < -0.3 is 10.5 Å². The summed E-state index contributed by atoms with van der Waals surface area (Å²) in [7, 11) is 1.36. The number of esters is 1. The molecule has 84 valence electrons. The van der Waals surface area contributed by atoms with Crippen molar-refractivity contribution in [2.45, 2.75) is 26.3 Å². The van der Waals surface area contributed by atoms with Gasteiger partial charge in [-0.1, -0.05) is 44.2 Å². The molecule has 0 aromatic heterocycles. The quantitative estimate of drug-likeness (QED) is 0.777. The van der Waals surface area contributed by atoms with Crippen LogP contribution < -0.4 is 5.73 Å². The molecule has 1 rings (SSSR count). The van der Waals surface area contributed by atoms with E-state index in [4.69, 9.17) is 5.73 Å². The lowest BCUT2D eigenvalue weighted by molar-refractivity contribution is -0.141. The minimum atomic E-state index is -0.281. The molecule has 0 heterocycles. The summed E-state index contributed by atoms with van der Waals surface area (Å²) in [5, 5.41) is 0. The predicted molar refractivity (Wildman–Crippen MR) is 61.4 cm³/mol. The van der Waals surface area contributed by atoms with Gasteiger partial charge in [-0.25, -0.2) is 0 Å². The Bertz CT molecular complexity index is 272. The van der Waals surface area contributed by atoms with Gasteiger partial charge in [0.15, 0.2) is 0 Å². The third-order valence-corrected chi connectivity index (χ3v) is 1.84. The average Bonchev–Trinajstić information content (AvgIpc) is 2.32. The standard InChI is InChI=1S/C10H13NO2.C2H6/c1-13-10(12)7-9(11)8-5-3-2-4-6-8;1-2/h2-6,9H,7,11H2,1H3;1-2H3/t9-;/m0./s1. The first kappa shape index (κ1) is 13.7. The molecule has 0 spiro atoms. The number of rotatable bonds is 3. The van der Waals surface area contributed by atoms with Gasteiger partial charge in [0.05, 0.1) is 13.5 Å². The summed E-state index contributed by atoms with van der Waals surface area (Å²) >= 11 is 0. The zero-order chi connectivity index (χ0) is 11.7. The Morgan fingerprint density at radius 1 is 1.33 bits per heavy atom. The first-order valence-electron chi connectivity index (χ1n) is 5.11. The minimum Gasteiger partial charge on any atom is -0.469 e. The molecule has 0 fully saturated rings. The predicted octanol–water partition coefficient (Wildman–Crippen LogP) is 2.28. The number of ether oxygens (including phenoxy) is 1. The second-order valence-corrected chi connectivity index (χ2v) is 2.80. The number of hydrogen-bond donors (Lipinski definition) is 1. The topological polar surface area (TPSA) is 52.3 Å². The summed E-state index contributed by atoms with van der Waals surface area (Å²) in [4.78, 5) is 10.9. The number of carbonyl (C=O) groups excluding carboxylic acids is 1. The van der Waals surface area contributed by atoms with Crippen molar-refractivity contribution in [3.05, 3.63) is 35.9 Å². The molecular weight excluding hydrogens is 190 g/mol. The van der Waals surface area contributed by atoms with Gasteiger partial charge >= 0.3 is 5.97 Å². The molecule has 0 aliphatic rings. The third kappa shape index (κ3) is 5.18. The molecule has 0 unspecified atom stereocenters. The van der Waals surface area contributed by atoms with E-state index in [1.165, 1.54) is 7.11 Å². The number of methoxy groups -OCH3 is 1. The first-order chi connectivity index (χ1) is 7.24. The van der Waals surface area contributed by atoms with Crippen LogP contribution in [0.3, 0.4) is 0 Å². The molecule has 0 amide bonds. The number of nitrogens with two attached hydrogens (primary N) is 1. The summed E-state index contributed by atoms with van der Waals surface area (Å²) in [6.45, 7) is 4.00. The highest BCUT2D eigenvalue weighted by Gasteiger charge is 2.10. The fourth-order valence-corrected chi connectivity index (χ4v) is 1.08. The van der Waals surface area contributed by atoms with Gasteiger partial charge in [0.1, 0.15) is 0 Å². The van der Waals surface area contributed by atoms with Crippen molar-refractivity contribution >= 4 is 5.97 Å². The van der Waals surface area contributed by atoms with Crippen molar-refractivity contribution < 1.29 is 9.53 Å². The molecule has 0 aliphatic heterocycles. The van der Waals surface area contributed by atoms with Gasteiger partial charge in [-0.2, -0.15) is 0 Å². The maximum absolute atomic E-state index is 10.9. The van der Waals surface area contributed by atoms with Crippen molar-refractivity contribution in [3.63, 3.8) is 0 Å². The molecule has 1 aromatic carbocycles. The molecule has 3 heteroatoms. The maximum Gasteiger partial charge on any atom is 0.307 e. The molecule has 0 radical (unpaired) electrons. The number of carbonyl (C=O) groups is 1. The highest BCUT2D eigenvalue weighted by molar-refractivity contribution is 5.70. The van der Waals surface area contributed by atoms with Crippen LogP contribution in [0.15, 0.2) is 30.3 Å². The van der Waals surface area contributed by atoms with E-state index < -0.39 is 0 Å². The van der Waals surface area contributed by atoms with Crippen molar-refractivity contribution in [2.24, 2.45) is 5.73 Å². The van der Waals surface area contributed by atoms with Crippen LogP contribution in [-0.4, -0.2) is 13.1 Å². The minimum absolute atomic E-state index is 0.223. The van der Waals surface area contributed by atoms with Crippen LogP contribution in [0.5, 0.6) is 0 Å². The van der Waals surface area contributed by atoms with E-state index in [1.807, 2.05) is 44.2 Å². The summed E-state index contributed by atoms with van der Waals surface area (Å²) in [5.74, 6) is -0.281. The van der Waals surface area contributed by atoms with Crippen LogP contribution >= 0.6 is 0 Å². The molecule has 0 saturated heterocycles. The van der Waals surface area contributed by atoms with Gasteiger partial charge in [-0.3, -0.25) is 4.79 Å². The Morgan fingerprint density at radius 2 is 1.87 bits per heavy atom. The fraction of sp³-hybridized carbons (Fsp3) is 0.417. The monoisotopic (exact) mass is 209 g/mol. The largest absolute Gasteiger partial charge is 0.469 e. The zero-order valence-corrected chi connectivity index (χ0v) is 9.57. The van der Waals surface area contributed by atoms with Crippen LogP contribution in [0.2, 0.25) is 0 Å². The highest BCUT2D eigenvalue weighted by Crippen LogP contribution is 2.13. The van der Waals surface area contributed by atoms with Crippen LogP contribution in [-0.2, 0) is 9.53 Å². The van der Waals surface area contributed by atoms with Gasteiger partial charge in [-0.05, 0) is 5.56 Å². The van der Waals surface area contributed by atoms with Gasteiger partial charge in [0.25, 0.3) is 0 Å². The van der Waals surface area contributed by atoms with E-state index >= 15 is 0 Å². The second kappa shape index (κ2) is 8.00. The zero-order valence-electron chi connectivity index (χ0n) is 9.57. The fourth-order valence-electron chi connectivity index (χ4n) is 1.08. The van der Waals surface area contributed by atoms with Crippen molar-refractivity contribution in [1.82, 2.24) is 0 Å². The average molecular weight is 209 g/mol. The van der Waals surface area contributed by atoms with Crippen LogP contribution in [0, 0.1) is 0 Å². The lowest BCUT2D eigenvalue weighted by atomic mass is 10.1. The van der Waals surface area contributed by atoms with Gasteiger partial charge in [0, 0.05) is 6.04 Å². The molecular formula is C12H19NO2. The van der Waals surface area contributed by atoms with Crippen molar-refractivity contribution in [3.8, 4) is 0 Å². The molecule has 0 bridgehead atoms. The Kier molecular flexibility index (Phi) is 7.28. The van der Waals surface area contributed by atoms with Crippen LogP contribution in [0.25, 0.3) is 0 Å². The molecule has 0 aliphatic carbocycles. The Balaban J connectivity index is 0.000000921. The molecule has 0 saturated carbocycles. The Labute approximate surface area is 91.2 Å². The second-order valence-electron chi connectivity index (χ2n) is 2.80. The van der Waals surface area contributed by atoms with Gasteiger partial charge in [-0.15, -0.1) is 0 Å². The van der Waals surface area contributed by atoms with E-state index in [2.05, 4.69) is 4.74 Å². The summed E-state index contributed by atoms with van der Waals surface area (Å²) < 4.78 is 4.52. The maximum atomic E-state index is 10.9. The van der Waals surface area contributed by atoms with Crippen LogP contribution in [0.4, 0.5) is 0 Å². The normalized spacial score (nSPS) is 10.9. The molecule has 2 N–H and O–H groups in total. The SMILES string of the molecule is CC.COC(=O)C[C@H](N)c1ccccc1. The number of hydrogen-bond acceptors (Lipinski definition) is 3. The number of benzene rings is 1. The molecule has 15 heavy (non-hydrogen) atoms. The smallest absolute Gasteiger partial charge is 0.307 e. The molecule has 1 atom stereocenters. The van der Waals surface area contributed by atoms with E-state index in [1.54, 1.807) is 0 Å². The van der Waals surface area contributed by atoms with Gasteiger partial charge in [0.2, 0.25) is 0 Å². The summed E-state index contributed by atoms with van der Waals surface area (Å²) in [5.41, 5.74) is 6.72. The Morgan fingerprint density at radius 3 is 2.33 bits per heavy atom. The molecule has 3 nitrogen and oxygen atoms in total. The van der Waals surface area contributed by atoms with Crippen molar-refractivity contribution in [1.29, 1.82) is 0 Å². The summed E-state index contributed by atoms with van der Waals surface area (Å²) in [6.07, 6.45) is 0.223. The Hall–Kier alpha value is -1.35. The summed E-state index contributed by atoms with van der Waals surface area (Å²) in [6, 6.07) is 9.22.